The maximum absolute atomic E-state index is 4.11. The van der Waals surface area contributed by atoms with Gasteiger partial charge in [0.1, 0.15) is 0 Å². The second-order valence-corrected chi connectivity index (χ2v) is 2.40. The molecule has 0 unspecified atom stereocenters. The van der Waals surface area contributed by atoms with Gasteiger partial charge in [-0.25, -0.2) is 0 Å². The Morgan fingerprint density at radius 1 is 1.60 bits per heavy atom. The third kappa shape index (κ3) is 3.05. The minimum absolute atomic E-state index is 0. The van der Waals surface area contributed by atoms with Crippen LogP contribution >= 0.6 is 11.8 Å². The summed E-state index contributed by atoms with van der Waals surface area (Å²) < 4.78 is 0. The quantitative estimate of drug-likeness (QED) is 0.419. The van der Waals surface area contributed by atoms with Crippen LogP contribution in [0.2, 0.25) is 0 Å². The number of nitrogens with zero attached hydrogens (tertiary/aromatic N) is 2. The molecule has 1 aromatic heterocycles. The summed E-state index contributed by atoms with van der Waals surface area (Å²) in [6, 6.07) is 1.76. The average Bonchev–Trinajstić information content (AvgIpc) is 1.88. The maximum atomic E-state index is 4.11. The molecule has 0 N–H and O–H groups in total. The van der Waals surface area contributed by atoms with Crippen molar-refractivity contribution in [2.24, 2.45) is 0 Å². The van der Waals surface area contributed by atoms with E-state index in [0.717, 1.165) is 10.9 Å². The van der Waals surface area contributed by atoms with E-state index in [2.05, 4.69) is 16.2 Å². The van der Waals surface area contributed by atoms with Crippen molar-refractivity contribution in [1.29, 1.82) is 0 Å². The molecule has 1 heterocycles. The SMILES string of the molecule is CSc1n[c-]cc(C)n1.[U]. The van der Waals surface area contributed by atoms with Crippen LogP contribution in [0.3, 0.4) is 0 Å². The van der Waals surface area contributed by atoms with Crippen LogP contribution < -0.4 is 0 Å². The molecule has 0 aliphatic rings. The summed E-state index contributed by atoms with van der Waals surface area (Å²) in [4.78, 5) is 8.00. The van der Waals surface area contributed by atoms with Gasteiger partial charge in [0.25, 0.3) is 0 Å². The maximum Gasteiger partial charge on any atom is 0.0720 e. The fourth-order valence-corrected chi connectivity index (χ4v) is 0.860. The van der Waals surface area contributed by atoms with Gasteiger partial charge in [-0.15, -0.1) is 6.07 Å². The van der Waals surface area contributed by atoms with Crippen LogP contribution in [-0.2, 0) is 0 Å². The Hall–Kier alpha value is 0.482. The standard InChI is InChI=1S/C6H7N2S.U/c1-5-3-4-7-6(8-5)9-2;/h3H,1-2H3;/q-1;. The second-order valence-electron chi connectivity index (χ2n) is 1.63. The smallest absolute Gasteiger partial charge is 0.0720 e. The molecule has 4 heteroatoms. The van der Waals surface area contributed by atoms with Gasteiger partial charge in [0.2, 0.25) is 0 Å². The van der Waals surface area contributed by atoms with E-state index in [0.29, 0.717) is 0 Å². The van der Waals surface area contributed by atoms with Crippen molar-refractivity contribution in [3.8, 4) is 0 Å². The van der Waals surface area contributed by atoms with Gasteiger partial charge in [0, 0.05) is 31.1 Å². The number of thioether (sulfide) groups is 1. The number of hydrogen-bond acceptors (Lipinski definition) is 3. The zero-order valence-electron chi connectivity index (χ0n) is 5.88. The Morgan fingerprint density at radius 2 is 2.30 bits per heavy atom. The Kier molecular flexibility index (Phi) is 5.42. The van der Waals surface area contributed by atoms with Crippen LogP contribution in [0, 0.1) is 44.2 Å². The van der Waals surface area contributed by atoms with E-state index in [1.165, 1.54) is 11.8 Å². The zero-order valence-corrected chi connectivity index (χ0v) is 10.9. The molecule has 10 heavy (non-hydrogen) atoms. The number of aromatic nitrogens is 2. The van der Waals surface area contributed by atoms with Crippen LogP contribution in [0.5, 0.6) is 0 Å². The van der Waals surface area contributed by atoms with E-state index in [9.17, 15) is 0 Å². The summed E-state index contributed by atoms with van der Waals surface area (Å²) in [7, 11) is 0. The van der Waals surface area contributed by atoms with Crippen molar-refractivity contribution in [2.45, 2.75) is 12.1 Å². The van der Waals surface area contributed by atoms with Gasteiger partial charge in [0.15, 0.2) is 0 Å². The van der Waals surface area contributed by atoms with Gasteiger partial charge < -0.3 is 9.97 Å². The largest absolute Gasteiger partial charge is 0.364 e. The second kappa shape index (κ2) is 5.17. The predicted molar refractivity (Wildman–Crippen MR) is 37.4 cm³/mol. The van der Waals surface area contributed by atoms with Gasteiger partial charge in [0.05, 0.1) is 5.16 Å². The fraction of sp³-hybridized carbons (Fsp3) is 0.333. The number of hydrogen-bond donors (Lipinski definition) is 0. The minimum atomic E-state index is 0. The van der Waals surface area contributed by atoms with Gasteiger partial charge in [-0.3, -0.25) is 0 Å². The first-order valence-electron chi connectivity index (χ1n) is 2.58. The van der Waals surface area contributed by atoms with Gasteiger partial charge in [-0.05, 0) is 6.26 Å². The van der Waals surface area contributed by atoms with Crippen molar-refractivity contribution in [3.63, 3.8) is 0 Å². The summed E-state index contributed by atoms with van der Waals surface area (Å²) in [6.45, 7) is 1.93. The molecule has 0 aromatic carbocycles. The molecule has 0 aliphatic carbocycles. The molecule has 0 radical (unpaired) electrons. The molecular weight excluding hydrogens is 370 g/mol. The van der Waals surface area contributed by atoms with Crippen LogP contribution in [0.25, 0.3) is 0 Å². The van der Waals surface area contributed by atoms with E-state index >= 15 is 0 Å². The molecule has 1 aromatic rings. The topological polar surface area (TPSA) is 25.8 Å². The molecule has 2 nitrogen and oxygen atoms in total. The molecular formula is C6H7N2SU-. The van der Waals surface area contributed by atoms with Gasteiger partial charge in [-0.1, -0.05) is 18.8 Å². The summed E-state index contributed by atoms with van der Waals surface area (Å²) in [5.41, 5.74) is 0.967. The van der Waals surface area contributed by atoms with Crippen molar-refractivity contribution in [3.05, 3.63) is 18.0 Å². The molecule has 0 saturated heterocycles. The van der Waals surface area contributed by atoms with Gasteiger partial charge >= 0.3 is 0 Å². The molecule has 0 aliphatic heterocycles. The molecule has 0 amide bonds. The minimum Gasteiger partial charge on any atom is -0.364 e. The van der Waals surface area contributed by atoms with Crippen LogP contribution in [0.4, 0.5) is 0 Å². The Labute approximate surface area is 88.6 Å². The third-order valence-electron chi connectivity index (χ3n) is 0.888. The molecule has 0 bridgehead atoms. The zero-order chi connectivity index (χ0) is 6.69. The molecule has 0 spiro atoms. The van der Waals surface area contributed by atoms with Crippen LogP contribution in [0.15, 0.2) is 11.2 Å². The number of aryl methyl sites for hydroxylation is 1. The van der Waals surface area contributed by atoms with Crippen LogP contribution in [-0.4, -0.2) is 16.2 Å². The summed E-state index contributed by atoms with van der Waals surface area (Å²) >= 11 is 1.53. The summed E-state index contributed by atoms with van der Waals surface area (Å²) in [5.74, 6) is 0. The normalized spacial score (nSPS) is 8.60. The number of rotatable bonds is 1. The molecule has 1 rings (SSSR count). The third-order valence-corrected chi connectivity index (χ3v) is 1.44. The van der Waals surface area contributed by atoms with Crippen molar-refractivity contribution in [2.75, 3.05) is 6.26 Å². The molecule has 52 valence electrons. The first-order valence-corrected chi connectivity index (χ1v) is 3.81. The summed E-state index contributed by atoms with van der Waals surface area (Å²) in [5, 5.41) is 0.787. The van der Waals surface area contributed by atoms with E-state index in [-0.39, 0.29) is 31.1 Å². The Morgan fingerprint density at radius 3 is 2.70 bits per heavy atom. The Bertz CT molecular complexity index is 205. The average molecular weight is 377 g/mol. The van der Waals surface area contributed by atoms with E-state index in [4.69, 9.17) is 0 Å². The molecule has 0 saturated carbocycles. The van der Waals surface area contributed by atoms with Gasteiger partial charge in [-0.2, -0.15) is 11.8 Å². The van der Waals surface area contributed by atoms with E-state index in [1.54, 1.807) is 6.07 Å². The van der Waals surface area contributed by atoms with Crippen molar-refractivity contribution >= 4 is 11.8 Å². The van der Waals surface area contributed by atoms with Crippen LogP contribution in [0.1, 0.15) is 5.69 Å². The van der Waals surface area contributed by atoms with Crippen molar-refractivity contribution in [1.82, 2.24) is 9.97 Å². The fourth-order valence-electron chi connectivity index (χ4n) is 0.480. The predicted octanol–water partition coefficient (Wildman–Crippen LogP) is 1.31. The molecule has 0 atom stereocenters. The Balaban J connectivity index is 0.000000810. The molecule has 0 fully saturated rings. The first kappa shape index (κ1) is 10.5. The van der Waals surface area contributed by atoms with E-state index in [1.807, 2.05) is 13.2 Å². The summed E-state index contributed by atoms with van der Waals surface area (Å²) in [6.07, 6.45) is 4.69. The van der Waals surface area contributed by atoms with Crippen molar-refractivity contribution < 1.29 is 31.1 Å². The van der Waals surface area contributed by atoms with E-state index < -0.39 is 0 Å². The monoisotopic (exact) mass is 377 g/mol. The first-order chi connectivity index (χ1) is 4.33.